The molecule has 2 fully saturated rings. The largest absolute Gasteiger partial charge is 0.445 e. The summed E-state index contributed by atoms with van der Waals surface area (Å²) in [6.45, 7) is 3.30. The molecule has 118 valence electrons. The number of benzene rings is 1. The Morgan fingerprint density at radius 3 is 2.41 bits per heavy atom. The molecular formula is C17H22N2O3. The second-order valence-electron chi connectivity index (χ2n) is 6.16. The first kappa shape index (κ1) is 14.9. The molecule has 1 aliphatic carbocycles. The molecular weight excluding hydrogens is 280 g/mol. The first-order valence-corrected chi connectivity index (χ1v) is 7.88. The van der Waals surface area contributed by atoms with E-state index in [9.17, 15) is 9.59 Å². The Kier molecular flexibility index (Phi) is 4.32. The summed E-state index contributed by atoms with van der Waals surface area (Å²) in [5.41, 5.74) is 0.999. The van der Waals surface area contributed by atoms with Crippen LogP contribution in [-0.4, -0.2) is 36.0 Å². The Morgan fingerprint density at radius 1 is 1.18 bits per heavy atom. The van der Waals surface area contributed by atoms with Crippen LogP contribution in [0.2, 0.25) is 0 Å². The number of likely N-dealkylation sites (tertiary alicyclic amines) is 1. The molecule has 3 atom stereocenters. The van der Waals surface area contributed by atoms with E-state index < -0.39 is 0 Å². The SMILES string of the molecule is CC(=O)NC1[C@H]2CCN(C(=O)OCc3ccccc3)CC[C@@H]12. The number of amides is 2. The Hall–Kier alpha value is -2.04. The molecule has 5 nitrogen and oxygen atoms in total. The molecule has 1 N–H and O–H groups in total. The van der Waals surface area contributed by atoms with E-state index in [0.29, 0.717) is 37.6 Å². The number of carbonyl (C=O) groups excluding carboxylic acids is 2. The van der Waals surface area contributed by atoms with Crippen LogP contribution >= 0.6 is 0 Å². The minimum atomic E-state index is -0.235. The second kappa shape index (κ2) is 6.38. The van der Waals surface area contributed by atoms with E-state index in [-0.39, 0.29) is 12.0 Å². The molecule has 1 heterocycles. The van der Waals surface area contributed by atoms with Crippen molar-refractivity contribution in [2.75, 3.05) is 13.1 Å². The van der Waals surface area contributed by atoms with Crippen LogP contribution in [0.4, 0.5) is 4.79 Å². The molecule has 1 saturated heterocycles. The van der Waals surface area contributed by atoms with Gasteiger partial charge in [-0.2, -0.15) is 0 Å². The van der Waals surface area contributed by atoms with Crippen LogP contribution in [-0.2, 0) is 16.1 Å². The highest BCUT2D eigenvalue weighted by Gasteiger charge is 2.51. The number of rotatable bonds is 3. The molecule has 1 aromatic carbocycles. The summed E-state index contributed by atoms with van der Waals surface area (Å²) in [7, 11) is 0. The molecule has 0 bridgehead atoms. The molecule has 22 heavy (non-hydrogen) atoms. The third-order valence-electron chi connectivity index (χ3n) is 4.63. The molecule has 5 heteroatoms. The van der Waals surface area contributed by atoms with Gasteiger partial charge in [-0.1, -0.05) is 30.3 Å². The van der Waals surface area contributed by atoms with Gasteiger partial charge in [0.1, 0.15) is 6.61 Å². The molecule has 1 saturated carbocycles. The van der Waals surface area contributed by atoms with Crippen molar-refractivity contribution in [1.29, 1.82) is 0 Å². The fourth-order valence-corrected chi connectivity index (χ4v) is 3.40. The van der Waals surface area contributed by atoms with Crippen molar-refractivity contribution < 1.29 is 14.3 Å². The maximum absolute atomic E-state index is 12.1. The standard InChI is InChI=1S/C17H22N2O3/c1-12(20)18-16-14-7-9-19(10-8-15(14)16)17(21)22-11-13-5-3-2-4-6-13/h2-6,14-16H,7-11H2,1H3,(H,18,20)/t14-,15+,16?. The van der Waals surface area contributed by atoms with Gasteiger partial charge in [0, 0.05) is 26.1 Å². The van der Waals surface area contributed by atoms with E-state index in [1.165, 1.54) is 0 Å². The highest BCUT2D eigenvalue weighted by Crippen LogP contribution is 2.46. The molecule has 1 unspecified atom stereocenters. The maximum Gasteiger partial charge on any atom is 0.410 e. The first-order chi connectivity index (χ1) is 10.6. The number of nitrogens with zero attached hydrogens (tertiary/aromatic N) is 1. The number of hydrogen-bond acceptors (Lipinski definition) is 3. The highest BCUT2D eigenvalue weighted by molar-refractivity contribution is 5.73. The van der Waals surface area contributed by atoms with Crippen LogP contribution in [0.1, 0.15) is 25.3 Å². The molecule has 0 spiro atoms. The van der Waals surface area contributed by atoms with Crippen LogP contribution in [0.15, 0.2) is 30.3 Å². The number of hydrogen-bond donors (Lipinski definition) is 1. The summed E-state index contributed by atoms with van der Waals surface area (Å²) in [6, 6.07) is 10.0. The maximum atomic E-state index is 12.1. The molecule has 3 rings (SSSR count). The minimum Gasteiger partial charge on any atom is -0.445 e. The van der Waals surface area contributed by atoms with Gasteiger partial charge in [0.05, 0.1) is 0 Å². The lowest BCUT2D eigenvalue weighted by Crippen LogP contribution is -2.34. The summed E-state index contributed by atoms with van der Waals surface area (Å²) in [6.07, 6.45) is 1.65. The molecule has 1 aliphatic heterocycles. The Morgan fingerprint density at radius 2 is 1.82 bits per heavy atom. The van der Waals surface area contributed by atoms with Gasteiger partial charge >= 0.3 is 6.09 Å². The van der Waals surface area contributed by atoms with E-state index in [4.69, 9.17) is 4.74 Å². The molecule has 1 aromatic rings. The second-order valence-corrected chi connectivity index (χ2v) is 6.16. The Labute approximate surface area is 130 Å². The Balaban J connectivity index is 1.45. The predicted molar refractivity (Wildman–Crippen MR) is 82.0 cm³/mol. The van der Waals surface area contributed by atoms with Crippen molar-refractivity contribution in [3.8, 4) is 0 Å². The van der Waals surface area contributed by atoms with Crippen molar-refractivity contribution in [3.05, 3.63) is 35.9 Å². The number of ether oxygens (including phenoxy) is 1. The van der Waals surface area contributed by atoms with Crippen LogP contribution in [0.25, 0.3) is 0 Å². The zero-order chi connectivity index (χ0) is 15.5. The number of carbonyl (C=O) groups is 2. The van der Waals surface area contributed by atoms with Gasteiger partial charge in [-0.05, 0) is 30.2 Å². The fraction of sp³-hybridized carbons (Fsp3) is 0.529. The van der Waals surface area contributed by atoms with Crippen LogP contribution in [0.3, 0.4) is 0 Å². The van der Waals surface area contributed by atoms with Gasteiger partial charge in [-0.15, -0.1) is 0 Å². The summed E-state index contributed by atoms with van der Waals surface area (Å²) >= 11 is 0. The van der Waals surface area contributed by atoms with Crippen molar-refractivity contribution in [3.63, 3.8) is 0 Å². The summed E-state index contributed by atoms with van der Waals surface area (Å²) in [5, 5.41) is 3.00. The van der Waals surface area contributed by atoms with Gasteiger partial charge in [-0.3, -0.25) is 4.79 Å². The van der Waals surface area contributed by atoms with E-state index in [2.05, 4.69) is 5.32 Å². The van der Waals surface area contributed by atoms with Gasteiger partial charge in [0.15, 0.2) is 0 Å². The van der Waals surface area contributed by atoms with E-state index >= 15 is 0 Å². The first-order valence-electron chi connectivity index (χ1n) is 7.88. The van der Waals surface area contributed by atoms with Crippen LogP contribution in [0.5, 0.6) is 0 Å². The van der Waals surface area contributed by atoms with Crippen molar-refractivity contribution in [2.45, 2.75) is 32.4 Å². The summed E-state index contributed by atoms with van der Waals surface area (Å²) < 4.78 is 5.38. The minimum absolute atomic E-state index is 0.0391. The fourth-order valence-electron chi connectivity index (χ4n) is 3.40. The van der Waals surface area contributed by atoms with Gasteiger partial charge in [0.25, 0.3) is 0 Å². The van der Waals surface area contributed by atoms with E-state index in [1.807, 2.05) is 30.3 Å². The highest BCUT2D eigenvalue weighted by atomic mass is 16.6. The monoisotopic (exact) mass is 302 g/mol. The summed E-state index contributed by atoms with van der Waals surface area (Å²) in [4.78, 5) is 25.1. The van der Waals surface area contributed by atoms with Gasteiger partial charge < -0.3 is 15.0 Å². The number of fused-ring (bicyclic) bond motifs is 1. The average Bonchev–Trinajstić information content (AvgIpc) is 3.21. The third-order valence-corrected chi connectivity index (χ3v) is 4.63. The van der Waals surface area contributed by atoms with Crippen molar-refractivity contribution in [2.24, 2.45) is 11.8 Å². The molecule has 0 aromatic heterocycles. The zero-order valence-electron chi connectivity index (χ0n) is 12.8. The van der Waals surface area contributed by atoms with Crippen LogP contribution < -0.4 is 5.32 Å². The Bertz CT molecular complexity index is 532. The van der Waals surface area contributed by atoms with Gasteiger partial charge in [-0.25, -0.2) is 4.79 Å². The van der Waals surface area contributed by atoms with Gasteiger partial charge in [0.2, 0.25) is 5.91 Å². The van der Waals surface area contributed by atoms with E-state index in [1.54, 1.807) is 11.8 Å². The predicted octanol–water partition coefficient (Wildman–Crippen LogP) is 2.17. The quantitative estimate of drug-likeness (QED) is 0.931. The third kappa shape index (κ3) is 3.40. The molecule has 2 aliphatic rings. The zero-order valence-corrected chi connectivity index (χ0v) is 12.8. The smallest absolute Gasteiger partial charge is 0.410 e. The lowest BCUT2D eigenvalue weighted by molar-refractivity contribution is -0.119. The average molecular weight is 302 g/mol. The number of nitrogens with one attached hydrogen (secondary N) is 1. The van der Waals surface area contributed by atoms with Crippen molar-refractivity contribution >= 4 is 12.0 Å². The normalized spacial score (nSPS) is 26.6. The van der Waals surface area contributed by atoms with Crippen molar-refractivity contribution in [1.82, 2.24) is 10.2 Å². The lowest BCUT2D eigenvalue weighted by Gasteiger charge is -2.21. The molecule has 2 amide bonds. The lowest BCUT2D eigenvalue weighted by atomic mass is 10.2. The van der Waals surface area contributed by atoms with E-state index in [0.717, 1.165) is 18.4 Å². The summed E-state index contributed by atoms with van der Waals surface area (Å²) in [5.74, 6) is 1.09. The molecule has 0 radical (unpaired) electrons. The van der Waals surface area contributed by atoms with Crippen LogP contribution in [0, 0.1) is 11.8 Å². The topological polar surface area (TPSA) is 58.6 Å².